The van der Waals surface area contributed by atoms with Gasteiger partial charge in [-0.2, -0.15) is 0 Å². The standard InChI is InChI=1S/C6H6OS/c1-2-6(8-3-1)5-4-7-5/h1-3,5H,4H2/t5-/m0/s1. The fourth-order valence-electron chi connectivity index (χ4n) is 0.687. The van der Waals surface area contributed by atoms with Gasteiger partial charge in [0, 0.05) is 4.88 Å². The van der Waals surface area contributed by atoms with Gasteiger partial charge in [-0.3, -0.25) is 0 Å². The minimum absolute atomic E-state index is 0.454. The third kappa shape index (κ3) is 0.659. The van der Waals surface area contributed by atoms with E-state index in [0.29, 0.717) is 6.10 Å². The zero-order chi connectivity index (χ0) is 5.40. The lowest BCUT2D eigenvalue weighted by Crippen LogP contribution is -1.65. The van der Waals surface area contributed by atoms with Crippen molar-refractivity contribution in [2.24, 2.45) is 0 Å². The van der Waals surface area contributed by atoms with Gasteiger partial charge in [0.2, 0.25) is 0 Å². The minimum Gasteiger partial charge on any atom is -0.367 e. The Kier molecular flexibility index (Phi) is 0.889. The second-order valence-corrected chi connectivity index (χ2v) is 2.82. The molecule has 0 saturated carbocycles. The summed E-state index contributed by atoms with van der Waals surface area (Å²) in [6, 6.07) is 4.17. The summed E-state index contributed by atoms with van der Waals surface area (Å²) in [5, 5.41) is 2.08. The van der Waals surface area contributed by atoms with Gasteiger partial charge in [-0.05, 0) is 11.4 Å². The lowest BCUT2D eigenvalue weighted by Gasteiger charge is -1.79. The molecule has 1 aliphatic rings. The van der Waals surface area contributed by atoms with Crippen LogP contribution < -0.4 is 0 Å². The Balaban J connectivity index is 2.28. The number of hydrogen-bond acceptors (Lipinski definition) is 2. The van der Waals surface area contributed by atoms with Crippen molar-refractivity contribution < 1.29 is 4.74 Å². The minimum atomic E-state index is 0.454. The van der Waals surface area contributed by atoms with Crippen molar-refractivity contribution in [1.82, 2.24) is 0 Å². The molecule has 0 bridgehead atoms. The van der Waals surface area contributed by atoms with Gasteiger partial charge >= 0.3 is 0 Å². The van der Waals surface area contributed by atoms with Crippen LogP contribution in [0.2, 0.25) is 0 Å². The topological polar surface area (TPSA) is 12.5 Å². The third-order valence-corrected chi connectivity index (χ3v) is 2.16. The summed E-state index contributed by atoms with van der Waals surface area (Å²) in [7, 11) is 0. The van der Waals surface area contributed by atoms with Crippen LogP contribution in [0.15, 0.2) is 17.5 Å². The molecular weight excluding hydrogens is 120 g/mol. The van der Waals surface area contributed by atoms with E-state index in [4.69, 9.17) is 4.74 Å². The Morgan fingerprint density at radius 1 is 1.75 bits per heavy atom. The number of hydrogen-bond donors (Lipinski definition) is 0. The molecule has 42 valence electrons. The van der Waals surface area contributed by atoms with Crippen molar-refractivity contribution in [2.75, 3.05) is 6.61 Å². The summed E-state index contributed by atoms with van der Waals surface area (Å²) in [6.07, 6.45) is 0.454. The molecule has 1 aromatic rings. The SMILES string of the molecule is c1csc([C@@H]2CO2)c1. The summed E-state index contributed by atoms with van der Waals surface area (Å²) >= 11 is 1.77. The molecule has 1 fully saturated rings. The Morgan fingerprint density at radius 3 is 3.12 bits per heavy atom. The fourth-order valence-corrected chi connectivity index (χ4v) is 1.45. The summed E-state index contributed by atoms with van der Waals surface area (Å²) in [5.41, 5.74) is 0. The molecule has 0 aromatic carbocycles. The maximum absolute atomic E-state index is 5.06. The van der Waals surface area contributed by atoms with E-state index >= 15 is 0 Å². The van der Waals surface area contributed by atoms with Gasteiger partial charge in [-0.15, -0.1) is 11.3 Å². The molecule has 8 heavy (non-hydrogen) atoms. The number of thiophene rings is 1. The molecule has 0 N–H and O–H groups in total. The van der Waals surface area contributed by atoms with Crippen molar-refractivity contribution >= 4 is 11.3 Å². The van der Waals surface area contributed by atoms with E-state index in [1.165, 1.54) is 4.88 Å². The van der Waals surface area contributed by atoms with Crippen LogP contribution in [-0.4, -0.2) is 6.61 Å². The second kappa shape index (κ2) is 1.57. The molecular formula is C6H6OS. The monoisotopic (exact) mass is 126 g/mol. The first-order valence-corrected chi connectivity index (χ1v) is 3.50. The van der Waals surface area contributed by atoms with Crippen LogP contribution in [0.4, 0.5) is 0 Å². The average Bonchev–Trinajstić information content (AvgIpc) is 2.49. The van der Waals surface area contributed by atoms with Gasteiger partial charge in [0.25, 0.3) is 0 Å². The molecule has 0 aliphatic carbocycles. The first-order chi connectivity index (χ1) is 3.97. The van der Waals surface area contributed by atoms with Gasteiger partial charge in [-0.25, -0.2) is 0 Å². The zero-order valence-electron chi connectivity index (χ0n) is 4.33. The first kappa shape index (κ1) is 4.53. The second-order valence-electron chi connectivity index (χ2n) is 1.84. The van der Waals surface area contributed by atoms with Crippen molar-refractivity contribution in [2.45, 2.75) is 6.10 Å². The molecule has 1 nitrogen and oxygen atoms in total. The van der Waals surface area contributed by atoms with E-state index in [9.17, 15) is 0 Å². The van der Waals surface area contributed by atoms with Crippen molar-refractivity contribution in [3.63, 3.8) is 0 Å². The first-order valence-electron chi connectivity index (χ1n) is 2.62. The quantitative estimate of drug-likeness (QED) is 0.523. The number of rotatable bonds is 1. The van der Waals surface area contributed by atoms with Crippen molar-refractivity contribution in [1.29, 1.82) is 0 Å². The van der Waals surface area contributed by atoms with E-state index in [0.717, 1.165) is 6.61 Å². The van der Waals surface area contributed by atoms with Crippen LogP contribution in [0.1, 0.15) is 11.0 Å². The molecule has 1 aliphatic heterocycles. The van der Waals surface area contributed by atoms with Crippen molar-refractivity contribution in [3.8, 4) is 0 Å². The van der Waals surface area contributed by atoms with Crippen LogP contribution in [-0.2, 0) is 4.74 Å². The largest absolute Gasteiger partial charge is 0.367 e. The summed E-state index contributed by atoms with van der Waals surface area (Å²) in [4.78, 5) is 1.37. The number of epoxide rings is 1. The number of ether oxygens (including phenoxy) is 1. The highest BCUT2D eigenvalue weighted by atomic mass is 32.1. The Bertz CT molecular complexity index is 165. The van der Waals surface area contributed by atoms with E-state index in [1.807, 2.05) is 0 Å². The van der Waals surface area contributed by atoms with Gasteiger partial charge in [0.05, 0.1) is 6.61 Å². The lowest BCUT2D eigenvalue weighted by atomic mass is 10.4. The highest BCUT2D eigenvalue weighted by molar-refractivity contribution is 7.10. The summed E-state index contributed by atoms with van der Waals surface area (Å²) in [6.45, 7) is 0.931. The zero-order valence-corrected chi connectivity index (χ0v) is 5.15. The third-order valence-electron chi connectivity index (χ3n) is 1.19. The maximum Gasteiger partial charge on any atom is 0.115 e. The maximum atomic E-state index is 5.06. The molecule has 1 atom stereocenters. The highest BCUT2D eigenvalue weighted by Gasteiger charge is 2.24. The Morgan fingerprint density at radius 2 is 2.62 bits per heavy atom. The van der Waals surface area contributed by atoms with Crippen LogP contribution in [0, 0.1) is 0 Å². The Labute approximate surface area is 51.9 Å². The van der Waals surface area contributed by atoms with E-state index in [2.05, 4.69) is 17.5 Å². The van der Waals surface area contributed by atoms with Crippen LogP contribution in [0.3, 0.4) is 0 Å². The fraction of sp³-hybridized carbons (Fsp3) is 0.333. The van der Waals surface area contributed by atoms with Crippen LogP contribution >= 0.6 is 11.3 Å². The molecule has 2 heteroatoms. The molecule has 1 aromatic heterocycles. The van der Waals surface area contributed by atoms with Crippen molar-refractivity contribution in [3.05, 3.63) is 22.4 Å². The normalized spacial score (nSPS) is 25.8. The van der Waals surface area contributed by atoms with Gasteiger partial charge in [0.1, 0.15) is 6.10 Å². The molecule has 0 amide bonds. The molecule has 0 unspecified atom stereocenters. The van der Waals surface area contributed by atoms with E-state index in [1.54, 1.807) is 11.3 Å². The summed E-state index contributed by atoms with van der Waals surface area (Å²) in [5.74, 6) is 0. The smallest absolute Gasteiger partial charge is 0.115 e. The Hall–Kier alpha value is -0.340. The van der Waals surface area contributed by atoms with E-state index in [-0.39, 0.29) is 0 Å². The molecule has 0 spiro atoms. The van der Waals surface area contributed by atoms with Gasteiger partial charge < -0.3 is 4.74 Å². The molecule has 0 radical (unpaired) electrons. The molecule has 2 rings (SSSR count). The van der Waals surface area contributed by atoms with E-state index < -0.39 is 0 Å². The van der Waals surface area contributed by atoms with Gasteiger partial charge in [-0.1, -0.05) is 6.07 Å². The highest BCUT2D eigenvalue weighted by Crippen LogP contribution is 2.32. The molecule has 2 heterocycles. The van der Waals surface area contributed by atoms with Gasteiger partial charge in [0.15, 0.2) is 0 Å². The van der Waals surface area contributed by atoms with Crippen LogP contribution in [0.5, 0.6) is 0 Å². The average molecular weight is 126 g/mol. The lowest BCUT2D eigenvalue weighted by molar-refractivity contribution is 0.418. The molecule has 1 saturated heterocycles. The predicted octanol–water partition coefficient (Wildman–Crippen LogP) is 1.82. The van der Waals surface area contributed by atoms with Crippen LogP contribution in [0.25, 0.3) is 0 Å². The summed E-state index contributed by atoms with van der Waals surface area (Å²) < 4.78 is 5.06. The predicted molar refractivity (Wildman–Crippen MR) is 33.0 cm³/mol.